The van der Waals surface area contributed by atoms with Crippen molar-refractivity contribution in [3.63, 3.8) is 0 Å². The largest absolute Gasteiger partial charge is 0.395 e. The number of nitrogens with one attached hydrogen (secondary N) is 1. The number of rotatable bonds is 7. The van der Waals surface area contributed by atoms with Gasteiger partial charge in [0.1, 0.15) is 0 Å². The second-order valence-electron chi connectivity index (χ2n) is 4.79. The highest BCUT2D eigenvalue weighted by Gasteiger charge is 2.20. The standard InChI is InChI=1S/C11H24N2O3/c1-11(2,3)10(16)12-4-5-13(6-8-14)7-9-15/h14-15H,4-9H2,1-3H3,(H,12,16). The number of hydrogen-bond acceptors (Lipinski definition) is 4. The zero-order chi connectivity index (χ0) is 12.6. The van der Waals surface area contributed by atoms with Crippen molar-refractivity contribution >= 4 is 5.91 Å². The van der Waals surface area contributed by atoms with Crippen LogP contribution in [0.25, 0.3) is 0 Å². The van der Waals surface area contributed by atoms with Crippen molar-refractivity contribution in [1.82, 2.24) is 10.2 Å². The van der Waals surface area contributed by atoms with Crippen molar-refractivity contribution < 1.29 is 15.0 Å². The van der Waals surface area contributed by atoms with Crippen molar-refractivity contribution in [1.29, 1.82) is 0 Å². The van der Waals surface area contributed by atoms with E-state index >= 15 is 0 Å². The highest BCUT2D eigenvalue weighted by Crippen LogP contribution is 2.11. The SMILES string of the molecule is CC(C)(C)C(=O)NCCN(CCO)CCO. The van der Waals surface area contributed by atoms with E-state index in [9.17, 15) is 4.79 Å². The lowest BCUT2D eigenvalue weighted by atomic mass is 9.96. The second kappa shape index (κ2) is 7.60. The van der Waals surface area contributed by atoms with E-state index in [1.165, 1.54) is 0 Å². The maximum atomic E-state index is 11.5. The number of hydrogen-bond donors (Lipinski definition) is 3. The molecule has 0 rings (SSSR count). The maximum Gasteiger partial charge on any atom is 0.225 e. The molecular weight excluding hydrogens is 208 g/mol. The van der Waals surface area contributed by atoms with Crippen LogP contribution >= 0.6 is 0 Å². The monoisotopic (exact) mass is 232 g/mol. The van der Waals surface area contributed by atoms with Gasteiger partial charge >= 0.3 is 0 Å². The van der Waals surface area contributed by atoms with Gasteiger partial charge in [-0.05, 0) is 0 Å². The van der Waals surface area contributed by atoms with Gasteiger partial charge in [-0.1, -0.05) is 20.8 Å². The molecule has 0 atom stereocenters. The van der Waals surface area contributed by atoms with Crippen LogP contribution in [0.15, 0.2) is 0 Å². The average molecular weight is 232 g/mol. The van der Waals surface area contributed by atoms with Crippen LogP contribution in [0.5, 0.6) is 0 Å². The topological polar surface area (TPSA) is 72.8 Å². The first-order chi connectivity index (χ1) is 7.41. The molecule has 3 N–H and O–H groups in total. The van der Waals surface area contributed by atoms with Crippen molar-refractivity contribution in [3.05, 3.63) is 0 Å². The van der Waals surface area contributed by atoms with Gasteiger partial charge in [-0.25, -0.2) is 0 Å². The Hall–Kier alpha value is -0.650. The predicted molar refractivity (Wildman–Crippen MR) is 63.1 cm³/mol. The molecule has 0 aromatic carbocycles. The van der Waals surface area contributed by atoms with Crippen LogP contribution in [0.1, 0.15) is 20.8 Å². The van der Waals surface area contributed by atoms with Crippen LogP contribution in [-0.4, -0.2) is 60.4 Å². The van der Waals surface area contributed by atoms with Gasteiger partial charge in [0.15, 0.2) is 0 Å². The molecule has 0 heterocycles. The molecule has 0 unspecified atom stereocenters. The molecule has 0 aromatic heterocycles. The van der Waals surface area contributed by atoms with Gasteiger partial charge in [0.25, 0.3) is 0 Å². The van der Waals surface area contributed by atoms with Gasteiger partial charge < -0.3 is 15.5 Å². The number of amides is 1. The Morgan fingerprint density at radius 3 is 2.00 bits per heavy atom. The summed E-state index contributed by atoms with van der Waals surface area (Å²) in [5.74, 6) is 0.0143. The summed E-state index contributed by atoms with van der Waals surface area (Å²) in [6, 6.07) is 0. The molecule has 0 fully saturated rings. The normalized spacial score (nSPS) is 11.9. The van der Waals surface area contributed by atoms with Crippen LogP contribution in [0.4, 0.5) is 0 Å². The van der Waals surface area contributed by atoms with E-state index in [0.29, 0.717) is 26.2 Å². The van der Waals surface area contributed by atoms with Gasteiger partial charge in [0.2, 0.25) is 5.91 Å². The number of carbonyl (C=O) groups excluding carboxylic acids is 1. The van der Waals surface area contributed by atoms with Crippen LogP contribution in [0.3, 0.4) is 0 Å². The van der Waals surface area contributed by atoms with Crippen LogP contribution in [0, 0.1) is 5.41 Å². The summed E-state index contributed by atoms with van der Waals surface area (Å²) in [6.45, 7) is 7.93. The zero-order valence-corrected chi connectivity index (χ0v) is 10.5. The van der Waals surface area contributed by atoms with Crippen LogP contribution in [0.2, 0.25) is 0 Å². The van der Waals surface area contributed by atoms with Gasteiger partial charge in [0, 0.05) is 31.6 Å². The number of aliphatic hydroxyl groups is 2. The third-order valence-electron chi connectivity index (χ3n) is 2.23. The molecule has 0 radical (unpaired) electrons. The van der Waals surface area contributed by atoms with E-state index in [1.54, 1.807) is 0 Å². The maximum absolute atomic E-state index is 11.5. The highest BCUT2D eigenvalue weighted by molar-refractivity contribution is 5.81. The molecule has 16 heavy (non-hydrogen) atoms. The molecular formula is C11H24N2O3. The zero-order valence-electron chi connectivity index (χ0n) is 10.5. The third-order valence-corrected chi connectivity index (χ3v) is 2.23. The molecule has 0 saturated heterocycles. The first kappa shape index (κ1) is 15.3. The smallest absolute Gasteiger partial charge is 0.225 e. The van der Waals surface area contributed by atoms with E-state index in [-0.39, 0.29) is 24.5 Å². The van der Waals surface area contributed by atoms with Gasteiger partial charge in [-0.2, -0.15) is 0 Å². The molecule has 0 bridgehead atoms. The van der Waals surface area contributed by atoms with Crippen molar-refractivity contribution in [2.24, 2.45) is 5.41 Å². The fraction of sp³-hybridized carbons (Fsp3) is 0.909. The summed E-state index contributed by atoms with van der Waals surface area (Å²) in [4.78, 5) is 13.4. The molecule has 0 spiro atoms. The summed E-state index contributed by atoms with van der Waals surface area (Å²) in [6.07, 6.45) is 0. The fourth-order valence-electron chi connectivity index (χ4n) is 1.21. The summed E-state index contributed by atoms with van der Waals surface area (Å²) in [7, 11) is 0. The second-order valence-corrected chi connectivity index (χ2v) is 4.79. The minimum absolute atomic E-state index is 0.0143. The molecule has 0 aliphatic heterocycles. The summed E-state index contributed by atoms with van der Waals surface area (Å²) < 4.78 is 0. The Morgan fingerprint density at radius 1 is 1.12 bits per heavy atom. The predicted octanol–water partition coefficient (Wildman–Crippen LogP) is -0.565. The minimum atomic E-state index is -0.376. The molecule has 0 aliphatic rings. The van der Waals surface area contributed by atoms with Crippen molar-refractivity contribution in [3.8, 4) is 0 Å². The van der Waals surface area contributed by atoms with Gasteiger partial charge in [-0.3, -0.25) is 9.69 Å². The minimum Gasteiger partial charge on any atom is -0.395 e. The lowest BCUT2D eigenvalue weighted by molar-refractivity contribution is -0.128. The average Bonchev–Trinajstić information content (AvgIpc) is 2.16. The number of carbonyl (C=O) groups is 1. The molecule has 0 aliphatic carbocycles. The van der Waals surface area contributed by atoms with E-state index in [2.05, 4.69) is 5.32 Å². The lowest BCUT2D eigenvalue weighted by Gasteiger charge is -2.22. The Morgan fingerprint density at radius 2 is 1.62 bits per heavy atom. The number of aliphatic hydroxyl groups excluding tert-OH is 2. The summed E-state index contributed by atoms with van der Waals surface area (Å²) in [5, 5.41) is 20.4. The van der Waals surface area contributed by atoms with Crippen LogP contribution in [-0.2, 0) is 4.79 Å². The third kappa shape index (κ3) is 6.76. The van der Waals surface area contributed by atoms with Crippen molar-refractivity contribution in [2.75, 3.05) is 39.4 Å². The molecule has 0 aromatic rings. The fourth-order valence-corrected chi connectivity index (χ4v) is 1.21. The van der Waals surface area contributed by atoms with Gasteiger partial charge in [0.05, 0.1) is 13.2 Å². The molecule has 1 amide bonds. The summed E-state index contributed by atoms with van der Waals surface area (Å²) >= 11 is 0. The Kier molecular flexibility index (Phi) is 7.29. The van der Waals surface area contributed by atoms with E-state index in [1.807, 2.05) is 25.7 Å². The Bertz CT molecular complexity index is 196. The Labute approximate surface area is 97.4 Å². The van der Waals surface area contributed by atoms with E-state index in [4.69, 9.17) is 10.2 Å². The summed E-state index contributed by atoms with van der Waals surface area (Å²) in [5.41, 5.74) is -0.376. The molecule has 0 saturated carbocycles. The van der Waals surface area contributed by atoms with E-state index < -0.39 is 0 Å². The number of nitrogens with zero attached hydrogens (tertiary/aromatic N) is 1. The highest BCUT2D eigenvalue weighted by atomic mass is 16.3. The quantitative estimate of drug-likeness (QED) is 0.550. The molecule has 5 nitrogen and oxygen atoms in total. The van der Waals surface area contributed by atoms with Gasteiger partial charge in [-0.15, -0.1) is 0 Å². The first-order valence-corrected chi connectivity index (χ1v) is 5.64. The van der Waals surface area contributed by atoms with Crippen LogP contribution < -0.4 is 5.32 Å². The molecule has 5 heteroatoms. The van der Waals surface area contributed by atoms with E-state index in [0.717, 1.165) is 0 Å². The molecule has 96 valence electrons. The Balaban J connectivity index is 3.81. The lowest BCUT2D eigenvalue weighted by Crippen LogP contribution is -2.41. The first-order valence-electron chi connectivity index (χ1n) is 5.64. The van der Waals surface area contributed by atoms with Crippen molar-refractivity contribution in [2.45, 2.75) is 20.8 Å².